The first-order valence-electron chi connectivity index (χ1n) is 8.84. The number of fused-ring (bicyclic) bond motifs is 1. The van der Waals surface area contributed by atoms with Gasteiger partial charge < -0.3 is 14.7 Å². The molecule has 6 heteroatoms. The lowest BCUT2D eigenvalue weighted by atomic mass is 9.87. The molecule has 1 unspecified atom stereocenters. The first-order chi connectivity index (χ1) is 11.5. The Morgan fingerprint density at radius 1 is 1.25 bits per heavy atom. The van der Waals surface area contributed by atoms with E-state index in [9.17, 15) is 9.59 Å². The number of likely N-dealkylation sites (N-methyl/N-ethyl adjacent to an activating group) is 1. The number of rotatable bonds is 3. The quantitative estimate of drug-likeness (QED) is 0.835. The highest BCUT2D eigenvalue weighted by molar-refractivity contribution is 7.14. The average Bonchev–Trinajstić information content (AvgIpc) is 3.03. The zero-order valence-corrected chi connectivity index (χ0v) is 15.7. The molecule has 1 atom stereocenters. The first-order valence-corrected chi connectivity index (χ1v) is 9.65. The Hall–Kier alpha value is -1.40. The molecule has 132 valence electrons. The van der Waals surface area contributed by atoms with E-state index in [4.69, 9.17) is 0 Å². The number of carbonyl (C=O) groups excluding carboxylic acids is 2. The molecule has 0 aromatic carbocycles. The highest BCUT2D eigenvalue weighted by Crippen LogP contribution is 2.33. The van der Waals surface area contributed by atoms with Crippen LogP contribution in [0.25, 0.3) is 0 Å². The van der Waals surface area contributed by atoms with E-state index in [1.165, 1.54) is 10.4 Å². The molecule has 0 N–H and O–H groups in total. The van der Waals surface area contributed by atoms with Gasteiger partial charge in [0.05, 0.1) is 4.88 Å². The standard InChI is InChI=1S/C18H27N3O2S/c1-4-20-7-9-21(10-8-20)17(22)13-5-6-15-14(11-13)12-16(24-15)18(23)19(2)3/h12-13H,4-11H2,1-3H3. The molecule has 2 heterocycles. The number of aryl methyl sites for hydroxylation is 1. The van der Waals surface area contributed by atoms with Crippen LogP contribution in [0, 0.1) is 5.92 Å². The topological polar surface area (TPSA) is 43.9 Å². The van der Waals surface area contributed by atoms with Gasteiger partial charge in [-0.3, -0.25) is 9.59 Å². The molecule has 24 heavy (non-hydrogen) atoms. The molecule has 0 saturated carbocycles. The minimum absolute atomic E-state index is 0.0629. The van der Waals surface area contributed by atoms with Crippen molar-refractivity contribution in [2.45, 2.75) is 26.2 Å². The van der Waals surface area contributed by atoms with Crippen LogP contribution in [0.3, 0.4) is 0 Å². The van der Waals surface area contributed by atoms with E-state index in [2.05, 4.69) is 11.8 Å². The molecule has 2 amide bonds. The van der Waals surface area contributed by atoms with Crippen LogP contribution in [0.2, 0.25) is 0 Å². The van der Waals surface area contributed by atoms with Gasteiger partial charge in [0, 0.05) is 51.1 Å². The summed E-state index contributed by atoms with van der Waals surface area (Å²) in [5.74, 6) is 0.457. The largest absolute Gasteiger partial charge is 0.344 e. The van der Waals surface area contributed by atoms with E-state index in [0.29, 0.717) is 5.91 Å². The van der Waals surface area contributed by atoms with Crippen LogP contribution < -0.4 is 0 Å². The van der Waals surface area contributed by atoms with Gasteiger partial charge in [-0.25, -0.2) is 0 Å². The van der Waals surface area contributed by atoms with Crippen molar-refractivity contribution in [2.24, 2.45) is 5.92 Å². The summed E-state index contributed by atoms with van der Waals surface area (Å²) < 4.78 is 0. The minimum atomic E-state index is 0.0629. The Morgan fingerprint density at radius 3 is 2.58 bits per heavy atom. The predicted molar refractivity (Wildman–Crippen MR) is 96.5 cm³/mol. The van der Waals surface area contributed by atoms with Crippen molar-refractivity contribution in [3.63, 3.8) is 0 Å². The summed E-state index contributed by atoms with van der Waals surface area (Å²) in [5, 5.41) is 0. The number of carbonyl (C=O) groups is 2. The van der Waals surface area contributed by atoms with E-state index in [0.717, 1.165) is 56.9 Å². The number of hydrogen-bond acceptors (Lipinski definition) is 4. The average molecular weight is 350 g/mol. The molecule has 1 aromatic rings. The molecule has 0 spiro atoms. The van der Waals surface area contributed by atoms with Crippen molar-refractivity contribution < 1.29 is 9.59 Å². The molecule has 0 bridgehead atoms. The Labute approximate surface area is 148 Å². The second-order valence-corrected chi connectivity index (χ2v) is 8.09. The van der Waals surface area contributed by atoms with Crippen molar-refractivity contribution in [3.8, 4) is 0 Å². The van der Waals surface area contributed by atoms with Crippen molar-refractivity contribution in [2.75, 3.05) is 46.8 Å². The van der Waals surface area contributed by atoms with Crippen LogP contribution in [-0.4, -0.2) is 73.3 Å². The van der Waals surface area contributed by atoms with Crippen molar-refractivity contribution >= 4 is 23.2 Å². The van der Waals surface area contributed by atoms with E-state index >= 15 is 0 Å². The fourth-order valence-corrected chi connectivity index (χ4v) is 4.83. The maximum absolute atomic E-state index is 12.8. The fraction of sp³-hybridized carbons (Fsp3) is 0.667. The van der Waals surface area contributed by atoms with Gasteiger partial charge in [0.1, 0.15) is 0 Å². The van der Waals surface area contributed by atoms with Crippen LogP contribution in [-0.2, 0) is 17.6 Å². The molecule has 1 aliphatic heterocycles. The lowest BCUT2D eigenvalue weighted by molar-refractivity contribution is -0.137. The monoisotopic (exact) mass is 349 g/mol. The molecule has 1 fully saturated rings. The van der Waals surface area contributed by atoms with Gasteiger partial charge in [0.2, 0.25) is 5.91 Å². The van der Waals surface area contributed by atoms with Crippen LogP contribution in [0.1, 0.15) is 33.5 Å². The summed E-state index contributed by atoms with van der Waals surface area (Å²) >= 11 is 1.60. The normalized spacial score (nSPS) is 21.5. The third kappa shape index (κ3) is 3.49. The van der Waals surface area contributed by atoms with Crippen molar-refractivity contribution in [1.29, 1.82) is 0 Å². The van der Waals surface area contributed by atoms with Crippen LogP contribution in [0.4, 0.5) is 0 Å². The Kier molecular flexibility index (Phi) is 5.25. The summed E-state index contributed by atoms with van der Waals surface area (Å²) in [6, 6.07) is 2.01. The molecule has 0 radical (unpaired) electrons. The number of hydrogen-bond donors (Lipinski definition) is 0. The van der Waals surface area contributed by atoms with Crippen LogP contribution in [0.15, 0.2) is 6.07 Å². The van der Waals surface area contributed by atoms with E-state index < -0.39 is 0 Å². The number of piperazine rings is 1. The smallest absolute Gasteiger partial charge is 0.263 e. The molecule has 2 aliphatic rings. The maximum Gasteiger partial charge on any atom is 0.263 e. The second-order valence-electron chi connectivity index (χ2n) is 6.96. The Morgan fingerprint density at radius 2 is 1.96 bits per heavy atom. The summed E-state index contributed by atoms with van der Waals surface area (Å²) in [6.07, 6.45) is 2.63. The molecule has 3 rings (SSSR count). The van der Waals surface area contributed by atoms with Gasteiger partial charge in [0.15, 0.2) is 0 Å². The van der Waals surface area contributed by atoms with Crippen LogP contribution in [0.5, 0.6) is 0 Å². The summed E-state index contributed by atoms with van der Waals surface area (Å²) in [4.78, 5) is 33.1. The molecule has 5 nitrogen and oxygen atoms in total. The lowest BCUT2D eigenvalue weighted by Gasteiger charge is -2.36. The van der Waals surface area contributed by atoms with E-state index in [-0.39, 0.29) is 11.8 Å². The summed E-state index contributed by atoms with van der Waals surface area (Å²) in [6.45, 7) is 6.91. The summed E-state index contributed by atoms with van der Waals surface area (Å²) in [5.41, 5.74) is 1.21. The van der Waals surface area contributed by atoms with Gasteiger partial charge in [-0.15, -0.1) is 11.3 Å². The van der Waals surface area contributed by atoms with Crippen molar-refractivity contribution in [1.82, 2.24) is 14.7 Å². The van der Waals surface area contributed by atoms with Gasteiger partial charge >= 0.3 is 0 Å². The highest BCUT2D eigenvalue weighted by Gasteiger charge is 2.31. The van der Waals surface area contributed by atoms with E-state index in [1.54, 1.807) is 30.3 Å². The number of amides is 2. The number of nitrogens with zero attached hydrogens (tertiary/aromatic N) is 3. The summed E-state index contributed by atoms with van der Waals surface area (Å²) in [7, 11) is 3.56. The Bertz CT molecular complexity index is 618. The maximum atomic E-state index is 12.8. The Balaban J connectivity index is 1.64. The van der Waals surface area contributed by atoms with Crippen LogP contribution >= 0.6 is 11.3 Å². The van der Waals surface area contributed by atoms with Gasteiger partial charge in [-0.05, 0) is 37.4 Å². The first kappa shape index (κ1) is 17.4. The molecule has 1 saturated heterocycles. The minimum Gasteiger partial charge on any atom is -0.344 e. The van der Waals surface area contributed by atoms with Gasteiger partial charge in [-0.2, -0.15) is 0 Å². The zero-order chi connectivity index (χ0) is 17.3. The third-order valence-electron chi connectivity index (χ3n) is 5.18. The van der Waals surface area contributed by atoms with Crippen molar-refractivity contribution in [3.05, 3.63) is 21.4 Å². The van der Waals surface area contributed by atoms with E-state index in [1.807, 2.05) is 11.0 Å². The second kappa shape index (κ2) is 7.23. The fourth-order valence-electron chi connectivity index (χ4n) is 3.60. The van der Waals surface area contributed by atoms with Gasteiger partial charge in [0.25, 0.3) is 5.91 Å². The molecular formula is C18H27N3O2S. The predicted octanol–water partition coefficient (Wildman–Crippen LogP) is 1.72. The highest BCUT2D eigenvalue weighted by atomic mass is 32.1. The molecule has 1 aliphatic carbocycles. The van der Waals surface area contributed by atoms with Gasteiger partial charge in [-0.1, -0.05) is 6.92 Å². The zero-order valence-electron chi connectivity index (χ0n) is 14.9. The molecular weight excluding hydrogens is 322 g/mol. The third-order valence-corrected chi connectivity index (χ3v) is 6.41. The number of thiophene rings is 1. The SMILES string of the molecule is CCN1CCN(C(=O)C2CCc3sc(C(=O)N(C)C)cc3C2)CC1. The lowest BCUT2D eigenvalue weighted by Crippen LogP contribution is -2.50. The molecule has 1 aromatic heterocycles.